The number of urea groups is 1. The summed E-state index contributed by atoms with van der Waals surface area (Å²) in [6.07, 6.45) is 5.02. The van der Waals surface area contributed by atoms with E-state index in [4.69, 9.17) is 0 Å². The maximum Gasteiger partial charge on any atom is 0.319 e. The SMILES string of the molecule is CCN(CC)CCNC(=O)Nc1cnn(-c2ccccn2)c1. The van der Waals surface area contributed by atoms with Crippen molar-refractivity contribution in [3.05, 3.63) is 36.8 Å². The number of carbonyl (C=O) groups is 1. The highest BCUT2D eigenvalue weighted by Gasteiger charge is 2.06. The smallest absolute Gasteiger partial charge is 0.319 e. The van der Waals surface area contributed by atoms with Gasteiger partial charge in [0.1, 0.15) is 0 Å². The predicted molar refractivity (Wildman–Crippen MR) is 86.2 cm³/mol. The van der Waals surface area contributed by atoms with Crippen LogP contribution in [0, 0.1) is 0 Å². The first-order chi connectivity index (χ1) is 10.7. The summed E-state index contributed by atoms with van der Waals surface area (Å²) in [6, 6.07) is 5.35. The van der Waals surface area contributed by atoms with E-state index in [1.54, 1.807) is 23.3 Å². The van der Waals surface area contributed by atoms with E-state index in [9.17, 15) is 4.79 Å². The molecule has 0 aliphatic heterocycles. The fourth-order valence-corrected chi connectivity index (χ4v) is 2.04. The third-order valence-corrected chi connectivity index (χ3v) is 3.33. The topological polar surface area (TPSA) is 75.1 Å². The zero-order chi connectivity index (χ0) is 15.8. The normalized spacial score (nSPS) is 10.7. The molecule has 118 valence electrons. The molecule has 0 aromatic carbocycles. The van der Waals surface area contributed by atoms with Gasteiger partial charge in [0.2, 0.25) is 0 Å². The minimum Gasteiger partial charge on any atom is -0.337 e. The third kappa shape index (κ3) is 4.56. The van der Waals surface area contributed by atoms with Crippen LogP contribution in [0.5, 0.6) is 0 Å². The molecule has 2 aromatic rings. The Morgan fingerprint density at radius 2 is 2.14 bits per heavy atom. The van der Waals surface area contributed by atoms with Gasteiger partial charge in [-0.15, -0.1) is 0 Å². The first-order valence-electron chi connectivity index (χ1n) is 7.46. The van der Waals surface area contributed by atoms with Gasteiger partial charge in [0.15, 0.2) is 5.82 Å². The summed E-state index contributed by atoms with van der Waals surface area (Å²) in [6.45, 7) is 7.63. The van der Waals surface area contributed by atoms with Crippen LogP contribution in [-0.2, 0) is 0 Å². The van der Waals surface area contributed by atoms with Crippen molar-refractivity contribution in [2.75, 3.05) is 31.5 Å². The van der Waals surface area contributed by atoms with E-state index in [1.807, 2.05) is 18.2 Å². The molecule has 22 heavy (non-hydrogen) atoms. The molecular formula is C15H22N6O. The molecule has 2 amide bonds. The molecule has 2 aromatic heterocycles. The van der Waals surface area contributed by atoms with Crippen molar-refractivity contribution in [2.45, 2.75) is 13.8 Å². The van der Waals surface area contributed by atoms with Gasteiger partial charge in [-0.2, -0.15) is 5.10 Å². The Hall–Kier alpha value is -2.41. The molecular weight excluding hydrogens is 280 g/mol. The van der Waals surface area contributed by atoms with E-state index >= 15 is 0 Å². The molecule has 0 saturated carbocycles. The van der Waals surface area contributed by atoms with Crippen molar-refractivity contribution >= 4 is 11.7 Å². The van der Waals surface area contributed by atoms with E-state index in [0.717, 1.165) is 19.6 Å². The molecule has 0 atom stereocenters. The molecule has 0 saturated heterocycles. The third-order valence-electron chi connectivity index (χ3n) is 3.33. The lowest BCUT2D eigenvalue weighted by molar-refractivity contribution is 0.248. The average molecular weight is 302 g/mol. The van der Waals surface area contributed by atoms with Crippen LogP contribution in [-0.4, -0.2) is 51.9 Å². The Kier molecular flexibility index (Phi) is 5.91. The molecule has 0 aliphatic rings. The van der Waals surface area contributed by atoms with Crippen LogP contribution in [0.15, 0.2) is 36.8 Å². The van der Waals surface area contributed by atoms with Gasteiger partial charge in [0.25, 0.3) is 0 Å². The second-order valence-electron chi connectivity index (χ2n) is 4.77. The summed E-state index contributed by atoms with van der Waals surface area (Å²) in [4.78, 5) is 18.3. The fraction of sp³-hybridized carbons (Fsp3) is 0.400. The first kappa shape index (κ1) is 16.0. The minimum absolute atomic E-state index is 0.229. The largest absolute Gasteiger partial charge is 0.337 e. The van der Waals surface area contributed by atoms with Gasteiger partial charge in [-0.25, -0.2) is 14.5 Å². The van der Waals surface area contributed by atoms with Crippen molar-refractivity contribution in [1.82, 2.24) is 25.0 Å². The van der Waals surface area contributed by atoms with Gasteiger partial charge in [0, 0.05) is 19.3 Å². The van der Waals surface area contributed by atoms with Gasteiger partial charge in [-0.1, -0.05) is 19.9 Å². The number of hydrogen-bond acceptors (Lipinski definition) is 4. The molecule has 0 radical (unpaired) electrons. The molecule has 2 N–H and O–H groups in total. The van der Waals surface area contributed by atoms with Crippen molar-refractivity contribution in [1.29, 1.82) is 0 Å². The van der Waals surface area contributed by atoms with Crippen molar-refractivity contribution in [3.8, 4) is 5.82 Å². The van der Waals surface area contributed by atoms with Gasteiger partial charge in [-0.3, -0.25) is 0 Å². The van der Waals surface area contributed by atoms with E-state index in [-0.39, 0.29) is 6.03 Å². The van der Waals surface area contributed by atoms with Crippen LogP contribution in [0.25, 0.3) is 5.82 Å². The molecule has 7 nitrogen and oxygen atoms in total. The molecule has 0 unspecified atom stereocenters. The summed E-state index contributed by atoms with van der Waals surface area (Å²) in [7, 11) is 0. The van der Waals surface area contributed by atoms with Crippen LogP contribution in [0.2, 0.25) is 0 Å². The second-order valence-corrected chi connectivity index (χ2v) is 4.77. The Morgan fingerprint density at radius 3 is 2.82 bits per heavy atom. The van der Waals surface area contributed by atoms with E-state index in [1.165, 1.54) is 0 Å². The van der Waals surface area contributed by atoms with Crippen LogP contribution < -0.4 is 10.6 Å². The molecule has 2 heterocycles. The van der Waals surface area contributed by atoms with Gasteiger partial charge in [-0.05, 0) is 25.2 Å². The number of aromatic nitrogens is 3. The highest BCUT2D eigenvalue weighted by atomic mass is 16.2. The lowest BCUT2D eigenvalue weighted by Gasteiger charge is -2.17. The van der Waals surface area contributed by atoms with Gasteiger partial charge >= 0.3 is 6.03 Å². The summed E-state index contributed by atoms with van der Waals surface area (Å²) in [5, 5.41) is 9.78. The summed E-state index contributed by atoms with van der Waals surface area (Å²) >= 11 is 0. The second kappa shape index (κ2) is 8.14. The number of amides is 2. The Balaban J connectivity index is 1.81. The van der Waals surface area contributed by atoms with Crippen molar-refractivity contribution in [3.63, 3.8) is 0 Å². The van der Waals surface area contributed by atoms with E-state index in [0.29, 0.717) is 18.1 Å². The number of carbonyl (C=O) groups excluding carboxylic acids is 1. The number of nitrogens with one attached hydrogen (secondary N) is 2. The monoisotopic (exact) mass is 302 g/mol. The zero-order valence-electron chi connectivity index (χ0n) is 13.0. The number of nitrogens with zero attached hydrogens (tertiary/aromatic N) is 4. The highest BCUT2D eigenvalue weighted by Crippen LogP contribution is 2.08. The molecule has 0 fully saturated rings. The number of likely N-dealkylation sites (N-methyl/N-ethyl adjacent to an activating group) is 1. The maximum atomic E-state index is 11.8. The van der Waals surface area contributed by atoms with Gasteiger partial charge < -0.3 is 15.5 Å². The Labute approximate surface area is 130 Å². The standard InChI is InChI=1S/C15H22N6O/c1-3-20(4-2)10-9-17-15(22)19-13-11-18-21(12-13)14-7-5-6-8-16-14/h5-8,11-12H,3-4,9-10H2,1-2H3,(H2,17,19,22). The molecule has 2 rings (SSSR count). The highest BCUT2D eigenvalue weighted by molar-refractivity contribution is 5.88. The van der Waals surface area contributed by atoms with Crippen molar-refractivity contribution < 1.29 is 4.79 Å². The van der Waals surface area contributed by atoms with Gasteiger partial charge in [0.05, 0.1) is 18.1 Å². The molecule has 0 aliphatic carbocycles. The lowest BCUT2D eigenvalue weighted by Crippen LogP contribution is -2.36. The summed E-state index contributed by atoms with van der Waals surface area (Å²) < 4.78 is 1.62. The van der Waals surface area contributed by atoms with E-state index in [2.05, 4.69) is 39.5 Å². The molecule has 7 heteroatoms. The Bertz CT molecular complexity index is 579. The maximum absolute atomic E-state index is 11.8. The zero-order valence-corrected chi connectivity index (χ0v) is 13.0. The number of anilines is 1. The molecule has 0 bridgehead atoms. The number of hydrogen-bond donors (Lipinski definition) is 2. The average Bonchev–Trinajstić information content (AvgIpc) is 3.01. The van der Waals surface area contributed by atoms with E-state index < -0.39 is 0 Å². The van der Waals surface area contributed by atoms with Crippen LogP contribution in [0.3, 0.4) is 0 Å². The fourth-order valence-electron chi connectivity index (χ4n) is 2.04. The Morgan fingerprint density at radius 1 is 1.32 bits per heavy atom. The minimum atomic E-state index is -0.229. The lowest BCUT2D eigenvalue weighted by atomic mass is 10.4. The number of pyridine rings is 1. The van der Waals surface area contributed by atoms with Crippen LogP contribution in [0.1, 0.15) is 13.8 Å². The van der Waals surface area contributed by atoms with Crippen LogP contribution >= 0.6 is 0 Å². The predicted octanol–water partition coefficient (Wildman–Crippen LogP) is 1.73. The number of rotatable bonds is 7. The quantitative estimate of drug-likeness (QED) is 0.817. The summed E-state index contributed by atoms with van der Waals surface area (Å²) in [5.41, 5.74) is 0.631. The van der Waals surface area contributed by atoms with Crippen LogP contribution in [0.4, 0.5) is 10.5 Å². The molecule has 0 spiro atoms. The van der Waals surface area contributed by atoms with Crippen molar-refractivity contribution in [2.24, 2.45) is 0 Å². The summed E-state index contributed by atoms with van der Waals surface area (Å²) in [5.74, 6) is 0.706. The first-order valence-corrected chi connectivity index (χ1v) is 7.46.